The maximum atomic E-state index is 2.45. The minimum atomic E-state index is 1.23. The van der Waals surface area contributed by atoms with Crippen molar-refractivity contribution in [2.75, 3.05) is 0 Å². The Morgan fingerprint density at radius 1 is 0.259 bits per heavy atom. The van der Waals surface area contributed by atoms with Crippen LogP contribution in [0.5, 0.6) is 0 Å². The number of rotatable bonds is 3. The van der Waals surface area contributed by atoms with Gasteiger partial charge >= 0.3 is 0 Å². The molecule has 0 spiro atoms. The highest BCUT2D eigenvalue weighted by molar-refractivity contribution is 7.30. The molecule has 12 aromatic rings. The van der Waals surface area contributed by atoms with Gasteiger partial charge in [-0.1, -0.05) is 158 Å². The summed E-state index contributed by atoms with van der Waals surface area (Å²) < 4.78 is 5.46. The molecule has 0 radical (unpaired) electrons. The summed E-state index contributed by atoms with van der Waals surface area (Å²) >= 11 is 3.87. The monoisotopic (exact) mass is 718 g/mol. The Kier molecular flexibility index (Phi) is 6.48. The fraction of sp³-hybridized carbons (Fsp3) is 0. The van der Waals surface area contributed by atoms with E-state index in [1.165, 1.54) is 117 Å². The molecule has 0 atom stereocenters. The summed E-state index contributed by atoms with van der Waals surface area (Å²) in [6.07, 6.45) is 0. The third-order valence-electron chi connectivity index (χ3n) is 11.4. The lowest BCUT2D eigenvalue weighted by Gasteiger charge is -2.18. The van der Waals surface area contributed by atoms with Crippen LogP contribution in [0.4, 0.5) is 0 Å². The summed E-state index contributed by atoms with van der Waals surface area (Å²) in [4.78, 5) is 0. The van der Waals surface area contributed by atoms with Crippen LogP contribution in [-0.2, 0) is 0 Å². The SMILES string of the molecule is c1cc(-c2ccc3ccccc3c2)cc(-c2c3ccccc3c(-c3ccc4c(c3)sc3c4ccc4sc5c6ccccc6ccc5c43)c3ccccc23)c1. The molecule has 2 aromatic heterocycles. The zero-order valence-electron chi connectivity index (χ0n) is 29.1. The van der Waals surface area contributed by atoms with Gasteiger partial charge in [0, 0.05) is 40.3 Å². The third kappa shape index (κ3) is 4.42. The molecule has 0 unspecified atom stereocenters. The van der Waals surface area contributed by atoms with Crippen LogP contribution in [-0.4, -0.2) is 0 Å². The van der Waals surface area contributed by atoms with Crippen molar-refractivity contribution in [3.63, 3.8) is 0 Å². The molecule has 250 valence electrons. The Hall–Kier alpha value is -6.32. The molecule has 0 nitrogen and oxygen atoms in total. The van der Waals surface area contributed by atoms with Crippen LogP contribution in [0.2, 0.25) is 0 Å². The number of hydrogen-bond acceptors (Lipinski definition) is 2. The first-order valence-electron chi connectivity index (χ1n) is 18.5. The molecule has 0 fully saturated rings. The standard InChI is InChI=1S/C52H30S2/c1-2-12-33-28-35(21-20-31(33)10-1)34-13-9-14-36(29-34)48-40-16-5-7-18-42(40)49(43-19-8-6-17-41(43)48)37-23-24-39-44-26-27-46-50(52(44)54-47(39)30-37)45-25-22-32-11-3-4-15-38(32)51(45)53-46/h1-30H. The minimum Gasteiger partial charge on any atom is -0.134 e. The first-order valence-corrected chi connectivity index (χ1v) is 20.1. The maximum absolute atomic E-state index is 2.45. The number of thiophene rings is 2. The molecule has 10 aromatic carbocycles. The zero-order valence-corrected chi connectivity index (χ0v) is 30.8. The molecule has 54 heavy (non-hydrogen) atoms. The lowest BCUT2D eigenvalue weighted by atomic mass is 9.85. The molecule has 0 saturated carbocycles. The number of benzene rings is 10. The normalized spacial score (nSPS) is 12.1. The smallest absolute Gasteiger partial charge is 0.0448 e. The number of fused-ring (bicyclic) bond motifs is 12. The van der Waals surface area contributed by atoms with E-state index >= 15 is 0 Å². The average molecular weight is 719 g/mol. The highest BCUT2D eigenvalue weighted by Gasteiger charge is 2.19. The van der Waals surface area contributed by atoms with Crippen LogP contribution >= 0.6 is 22.7 Å². The molecule has 0 aliphatic carbocycles. The molecule has 12 rings (SSSR count). The van der Waals surface area contributed by atoms with Gasteiger partial charge in [-0.3, -0.25) is 0 Å². The predicted molar refractivity (Wildman–Crippen MR) is 239 cm³/mol. The summed E-state index contributed by atoms with van der Waals surface area (Å²) in [5.41, 5.74) is 7.54. The molecule has 0 saturated heterocycles. The van der Waals surface area contributed by atoms with Gasteiger partial charge in [-0.2, -0.15) is 0 Å². The molecule has 2 heteroatoms. The van der Waals surface area contributed by atoms with Gasteiger partial charge in [0.2, 0.25) is 0 Å². The van der Waals surface area contributed by atoms with E-state index in [1.807, 2.05) is 22.7 Å². The van der Waals surface area contributed by atoms with E-state index in [1.54, 1.807) is 0 Å². The first kappa shape index (κ1) is 30.2. The van der Waals surface area contributed by atoms with Crippen molar-refractivity contribution in [3.05, 3.63) is 182 Å². The van der Waals surface area contributed by atoms with Crippen LogP contribution in [0.15, 0.2) is 182 Å². The molecule has 2 heterocycles. The number of hydrogen-bond donors (Lipinski definition) is 0. The quantitative estimate of drug-likeness (QED) is 0.160. The zero-order chi connectivity index (χ0) is 35.3. The van der Waals surface area contributed by atoms with E-state index in [0.29, 0.717) is 0 Å². The highest BCUT2D eigenvalue weighted by atomic mass is 32.1. The van der Waals surface area contributed by atoms with Crippen LogP contribution < -0.4 is 0 Å². The Bertz CT molecular complexity index is 3450. The summed E-state index contributed by atoms with van der Waals surface area (Å²) in [6, 6.07) is 67.7. The van der Waals surface area contributed by atoms with Gasteiger partial charge in [-0.15, -0.1) is 22.7 Å². The Morgan fingerprint density at radius 3 is 1.56 bits per heavy atom. The predicted octanol–water partition coefficient (Wildman–Crippen LogP) is 16.0. The van der Waals surface area contributed by atoms with Crippen molar-refractivity contribution < 1.29 is 0 Å². The third-order valence-corrected chi connectivity index (χ3v) is 13.8. The molecular weight excluding hydrogens is 689 g/mol. The van der Waals surface area contributed by atoms with Gasteiger partial charge < -0.3 is 0 Å². The Labute approximate surface area is 319 Å². The van der Waals surface area contributed by atoms with Gasteiger partial charge in [0.05, 0.1) is 0 Å². The van der Waals surface area contributed by atoms with Crippen molar-refractivity contribution in [1.82, 2.24) is 0 Å². The van der Waals surface area contributed by atoms with Crippen molar-refractivity contribution in [2.45, 2.75) is 0 Å². The second-order valence-electron chi connectivity index (χ2n) is 14.4. The fourth-order valence-electron chi connectivity index (χ4n) is 8.95. The van der Waals surface area contributed by atoms with E-state index in [9.17, 15) is 0 Å². The fourth-order valence-corrected chi connectivity index (χ4v) is 11.6. The van der Waals surface area contributed by atoms with E-state index < -0.39 is 0 Å². The van der Waals surface area contributed by atoms with Crippen LogP contribution in [0.3, 0.4) is 0 Å². The maximum Gasteiger partial charge on any atom is 0.0448 e. The largest absolute Gasteiger partial charge is 0.134 e. The van der Waals surface area contributed by atoms with E-state index in [2.05, 4.69) is 182 Å². The summed E-state index contributed by atoms with van der Waals surface area (Å²) in [5, 5.41) is 15.7. The Balaban J connectivity index is 1.07. The second-order valence-corrected chi connectivity index (χ2v) is 16.5. The Morgan fingerprint density at radius 2 is 0.796 bits per heavy atom. The molecule has 0 bridgehead atoms. The minimum absolute atomic E-state index is 1.23. The highest BCUT2D eigenvalue weighted by Crippen LogP contribution is 2.49. The van der Waals surface area contributed by atoms with Crippen LogP contribution in [0, 0.1) is 0 Å². The van der Waals surface area contributed by atoms with Crippen LogP contribution in [0.1, 0.15) is 0 Å². The van der Waals surface area contributed by atoms with Crippen molar-refractivity contribution in [1.29, 1.82) is 0 Å². The lowest BCUT2D eigenvalue weighted by molar-refractivity contribution is 1.63. The van der Waals surface area contributed by atoms with Crippen LogP contribution in [0.25, 0.3) is 117 Å². The second kappa shape index (κ2) is 11.6. The van der Waals surface area contributed by atoms with Gasteiger partial charge in [-0.05, 0) is 101 Å². The molecule has 0 N–H and O–H groups in total. The van der Waals surface area contributed by atoms with Gasteiger partial charge in [-0.25, -0.2) is 0 Å². The van der Waals surface area contributed by atoms with E-state index in [4.69, 9.17) is 0 Å². The van der Waals surface area contributed by atoms with Gasteiger partial charge in [0.15, 0.2) is 0 Å². The van der Waals surface area contributed by atoms with E-state index in [0.717, 1.165) is 0 Å². The molecular formula is C52H30S2. The van der Waals surface area contributed by atoms with Crippen molar-refractivity contribution in [2.24, 2.45) is 0 Å². The summed E-state index contributed by atoms with van der Waals surface area (Å²) in [6.45, 7) is 0. The van der Waals surface area contributed by atoms with Crippen molar-refractivity contribution >= 4 is 106 Å². The van der Waals surface area contributed by atoms with Gasteiger partial charge in [0.25, 0.3) is 0 Å². The molecule has 0 aliphatic rings. The molecule has 0 aliphatic heterocycles. The first-order chi connectivity index (χ1) is 26.8. The molecule has 0 amide bonds. The van der Waals surface area contributed by atoms with Crippen molar-refractivity contribution in [3.8, 4) is 33.4 Å². The topological polar surface area (TPSA) is 0 Å². The average Bonchev–Trinajstić information content (AvgIpc) is 3.81. The summed E-state index contributed by atoms with van der Waals surface area (Å²) in [7, 11) is 0. The summed E-state index contributed by atoms with van der Waals surface area (Å²) in [5.74, 6) is 0. The van der Waals surface area contributed by atoms with Gasteiger partial charge in [0.1, 0.15) is 0 Å². The lowest BCUT2D eigenvalue weighted by Crippen LogP contribution is -1.91. The van der Waals surface area contributed by atoms with E-state index in [-0.39, 0.29) is 0 Å².